The molecule has 0 fully saturated rings. The summed E-state index contributed by atoms with van der Waals surface area (Å²) in [7, 11) is 0. The third kappa shape index (κ3) is 3.82. The summed E-state index contributed by atoms with van der Waals surface area (Å²) in [5.41, 5.74) is 1.23. The van der Waals surface area contributed by atoms with Gasteiger partial charge in [0.05, 0.1) is 12.7 Å². The Kier molecular flexibility index (Phi) is 5.27. The third-order valence-corrected chi connectivity index (χ3v) is 2.83. The maximum atomic E-state index is 5.97. The molecule has 0 amide bonds. The highest BCUT2D eigenvalue weighted by molar-refractivity contribution is 5.13. The van der Waals surface area contributed by atoms with Gasteiger partial charge in [0.2, 0.25) is 0 Å². The van der Waals surface area contributed by atoms with E-state index in [1.165, 1.54) is 5.56 Å². The zero-order chi connectivity index (χ0) is 12.0. The fraction of sp³-hybridized carbons (Fsp3) is 0.467. The predicted molar refractivity (Wildman–Crippen MR) is 69.2 cm³/mol. The van der Waals surface area contributed by atoms with Crippen LogP contribution in [0.3, 0.4) is 0 Å². The van der Waals surface area contributed by atoms with Gasteiger partial charge in [0.1, 0.15) is 0 Å². The SMILES string of the molecule is C=C[C@@H](C)[C@H](OCc1ccccc1)C(C)C. The highest BCUT2D eigenvalue weighted by Crippen LogP contribution is 2.19. The first-order chi connectivity index (χ1) is 7.65. The van der Waals surface area contributed by atoms with E-state index in [0.717, 1.165) is 0 Å². The number of ether oxygens (including phenoxy) is 1. The van der Waals surface area contributed by atoms with Crippen molar-refractivity contribution in [3.05, 3.63) is 48.6 Å². The van der Waals surface area contributed by atoms with Crippen molar-refractivity contribution in [2.24, 2.45) is 11.8 Å². The van der Waals surface area contributed by atoms with Crippen LogP contribution in [0.2, 0.25) is 0 Å². The van der Waals surface area contributed by atoms with E-state index >= 15 is 0 Å². The van der Waals surface area contributed by atoms with E-state index in [1.54, 1.807) is 0 Å². The molecular formula is C15H22O. The van der Waals surface area contributed by atoms with Gasteiger partial charge in [0.15, 0.2) is 0 Å². The number of hydrogen-bond acceptors (Lipinski definition) is 1. The van der Waals surface area contributed by atoms with Crippen LogP contribution >= 0.6 is 0 Å². The van der Waals surface area contributed by atoms with Crippen LogP contribution in [-0.2, 0) is 11.3 Å². The molecule has 0 heterocycles. The molecule has 0 aliphatic carbocycles. The van der Waals surface area contributed by atoms with Crippen LogP contribution < -0.4 is 0 Å². The van der Waals surface area contributed by atoms with Gasteiger partial charge in [-0.25, -0.2) is 0 Å². The summed E-state index contributed by atoms with van der Waals surface area (Å²) < 4.78 is 5.97. The normalized spacial score (nSPS) is 14.8. The molecule has 0 saturated carbocycles. The first-order valence-electron chi connectivity index (χ1n) is 5.93. The Bertz CT molecular complexity index is 302. The molecule has 2 atom stereocenters. The molecule has 1 aromatic rings. The van der Waals surface area contributed by atoms with Gasteiger partial charge in [0.25, 0.3) is 0 Å². The molecule has 1 aromatic carbocycles. The summed E-state index contributed by atoms with van der Waals surface area (Å²) in [6.45, 7) is 11.1. The molecule has 88 valence electrons. The molecule has 0 saturated heterocycles. The Hall–Kier alpha value is -1.08. The lowest BCUT2D eigenvalue weighted by molar-refractivity contribution is -0.0116. The molecule has 0 aliphatic rings. The molecule has 1 nitrogen and oxygen atoms in total. The van der Waals surface area contributed by atoms with Gasteiger partial charge in [-0.1, -0.05) is 57.2 Å². The maximum Gasteiger partial charge on any atom is 0.0721 e. The number of hydrogen-bond donors (Lipinski definition) is 0. The number of benzene rings is 1. The van der Waals surface area contributed by atoms with Crippen LogP contribution in [0.1, 0.15) is 26.3 Å². The highest BCUT2D eigenvalue weighted by Gasteiger charge is 2.18. The Morgan fingerprint density at radius 1 is 1.19 bits per heavy atom. The maximum absolute atomic E-state index is 5.97. The fourth-order valence-corrected chi connectivity index (χ4v) is 1.85. The summed E-state index contributed by atoms with van der Waals surface area (Å²) in [5, 5.41) is 0. The average Bonchev–Trinajstić information content (AvgIpc) is 2.30. The lowest BCUT2D eigenvalue weighted by Crippen LogP contribution is -2.26. The van der Waals surface area contributed by atoms with E-state index < -0.39 is 0 Å². The summed E-state index contributed by atoms with van der Waals surface area (Å²) in [6, 6.07) is 10.3. The third-order valence-electron chi connectivity index (χ3n) is 2.83. The van der Waals surface area contributed by atoms with Crippen LogP contribution in [0.4, 0.5) is 0 Å². The zero-order valence-electron chi connectivity index (χ0n) is 10.5. The van der Waals surface area contributed by atoms with E-state index in [-0.39, 0.29) is 6.10 Å². The van der Waals surface area contributed by atoms with Gasteiger partial charge in [0, 0.05) is 5.92 Å². The Morgan fingerprint density at radius 3 is 2.31 bits per heavy atom. The Labute approximate surface area is 99.1 Å². The summed E-state index contributed by atoms with van der Waals surface area (Å²) in [6.07, 6.45) is 2.22. The van der Waals surface area contributed by atoms with Crippen LogP contribution in [0.5, 0.6) is 0 Å². The fourth-order valence-electron chi connectivity index (χ4n) is 1.85. The van der Waals surface area contributed by atoms with Crippen molar-refractivity contribution in [3.63, 3.8) is 0 Å². The van der Waals surface area contributed by atoms with Crippen molar-refractivity contribution in [1.82, 2.24) is 0 Å². The Balaban J connectivity index is 2.54. The molecule has 0 unspecified atom stereocenters. The Morgan fingerprint density at radius 2 is 1.81 bits per heavy atom. The van der Waals surface area contributed by atoms with Gasteiger partial charge < -0.3 is 4.74 Å². The largest absolute Gasteiger partial charge is 0.373 e. The van der Waals surface area contributed by atoms with Crippen molar-refractivity contribution in [1.29, 1.82) is 0 Å². The van der Waals surface area contributed by atoms with Gasteiger partial charge in [-0.05, 0) is 11.5 Å². The lowest BCUT2D eigenvalue weighted by atomic mass is 9.95. The van der Waals surface area contributed by atoms with Gasteiger partial charge >= 0.3 is 0 Å². The van der Waals surface area contributed by atoms with Crippen molar-refractivity contribution in [2.75, 3.05) is 0 Å². The molecule has 1 heteroatoms. The van der Waals surface area contributed by atoms with Crippen LogP contribution in [0.15, 0.2) is 43.0 Å². The van der Waals surface area contributed by atoms with Gasteiger partial charge in [-0.3, -0.25) is 0 Å². The minimum absolute atomic E-state index is 0.248. The van der Waals surface area contributed by atoms with Crippen LogP contribution in [0, 0.1) is 11.8 Å². The second-order valence-corrected chi connectivity index (χ2v) is 4.60. The van der Waals surface area contributed by atoms with Gasteiger partial charge in [-0.15, -0.1) is 6.58 Å². The van der Waals surface area contributed by atoms with E-state index in [9.17, 15) is 0 Å². The van der Waals surface area contributed by atoms with Crippen LogP contribution in [-0.4, -0.2) is 6.10 Å². The minimum Gasteiger partial charge on any atom is -0.373 e. The average molecular weight is 218 g/mol. The minimum atomic E-state index is 0.248. The van der Waals surface area contributed by atoms with Crippen molar-refractivity contribution in [3.8, 4) is 0 Å². The lowest BCUT2D eigenvalue weighted by Gasteiger charge is -2.25. The first kappa shape index (κ1) is 13.0. The molecular weight excluding hydrogens is 196 g/mol. The van der Waals surface area contributed by atoms with Crippen LogP contribution in [0.25, 0.3) is 0 Å². The topological polar surface area (TPSA) is 9.23 Å². The molecule has 0 spiro atoms. The second kappa shape index (κ2) is 6.49. The van der Waals surface area contributed by atoms with Crippen molar-refractivity contribution < 1.29 is 4.74 Å². The zero-order valence-corrected chi connectivity index (χ0v) is 10.5. The monoisotopic (exact) mass is 218 g/mol. The first-order valence-corrected chi connectivity index (χ1v) is 5.93. The molecule has 0 bridgehead atoms. The van der Waals surface area contributed by atoms with E-state index in [0.29, 0.717) is 18.4 Å². The van der Waals surface area contributed by atoms with Crippen molar-refractivity contribution in [2.45, 2.75) is 33.5 Å². The summed E-state index contributed by atoms with van der Waals surface area (Å²) in [5.74, 6) is 0.903. The molecule has 0 radical (unpaired) electrons. The molecule has 0 aliphatic heterocycles. The summed E-state index contributed by atoms with van der Waals surface area (Å²) in [4.78, 5) is 0. The molecule has 16 heavy (non-hydrogen) atoms. The summed E-state index contributed by atoms with van der Waals surface area (Å²) >= 11 is 0. The second-order valence-electron chi connectivity index (χ2n) is 4.60. The van der Waals surface area contributed by atoms with E-state index in [4.69, 9.17) is 4.74 Å². The molecule has 1 rings (SSSR count). The predicted octanol–water partition coefficient (Wildman–Crippen LogP) is 4.05. The highest BCUT2D eigenvalue weighted by atomic mass is 16.5. The van der Waals surface area contributed by atoms with E-state index in [1.807, 2.05) is 24.3 Å². The van der Waals surface area contributed by atoms with Crippen molar-refractivity contribution >= 4 is 0 Å². The quantitative estimate of drug-likeness (QED) is 0.654. The standard InChI is InChI=1S/C15H22O/c1-5-13(4)15(12(2)3)16-11-14-9-7-6-8-10-14/h5-10,12-13,15H,1,11H2,2-4H3/t13-,15-/m1/s1. The number of rotatable bonds is 6. The molecule has 0 aromatic heterocycles. The van der Waals surface area contributed by atoms with Gasteiger partial charge in [-0.2, -0.15) is 0 Å². The smallest absolute Gasteiger partial charge is 0.0721 e. The van der Waals surface area contributed by atoms with E-state index in [2.05, 4.69) is 39.5 Å². The molecule has 0 N–H and O–H groups in total.